The van der Waals surface area contributed by atoms with E-state index < -0.39 is 15.9 Å². The zero-order valence-corrected chi connectivity index (χ0v) is 23.9. The van der Waals surface area contributed by atoms with Crippen molar-refractivity contribution in [1.29, 1.82) is 0 Å². The second kappa shape index (κ2) is 10.6. The van der Waals surface area contributed by atoms with Gasteiger partial charge in [0.05, 0.1) is 10.5 Å². The second-order valence-corrected chi connectivity index (χ2v) is 13.5. The molecule has 1 amide bonds. The molecule has 192 valence electrons. The van der Waals surface area contributed by atoms with Crippen LogP contribution < -0.4 is 4.72 Å². The summed E-state index contributed by atoms with van der Waals surface area (Å²) in [5.41, 5.74) is 5.27. The monoisotopic (exact) mass is 612 g/mol. The summed E-state index contributed by atoms with van der Waals surface area (Å²) < 4.78 is 29.5. The highest BCUT2D eigenvalue weighted by Gasteiger charge is 2.23. The summed E-state index contributed by atoms with van der Waals surface area (Å²) in [5.74, 6) is -0.777. The van der Waals surface area contributed by atoms with E-state index in [0.29, 0.717) is 16.6 Å². The summed E-state index contributed by atoms with van der Waals surface area (Å²) in [7, 11) is -4.10. The van der Waals surface area contributed by atoms with Gasteiger partial charge in [-0.15, -0.1) is 11.3 Å². The number of hydrogen-bond acceptors (Lipinski definition) is 4. The number of para-hydroxylation sites is 1. The molecular weight excluding hydrogens is 594 g/mol. The highest BCUT2D eigenvalue weighted by Crippen LogP contribution is 2.36. The number of halogens is 4. The molecule has 0 saturated carbocycles. The molecule has 2 aromatic carbocycles. The lowest BCUT2D eigenvalue weighted by Gasteiger charge is -2.17. The summed E-state index contributed by atoms with van der Waals surface area (Å²) in [6.45, 7) is 0.549. The Kier molecular flexibility index (Phi) is 7.65. The Balaban J connectivity index is 1.51. The minimum absolute atomic E-state index is 0.118. The number of aryl methyl sites for hydroxylation is 1. The topological polar surface area (TPSA) is 68.2 Å². The Hall–Kier alpha value is -2.00. The van der Waals surface area contributed by atoms with Gasteiger partial charge in [-0.25, -0.2) is 13.1 Å². The van der Waals surface area contributed by atoms with Gasteiger partial charge in [-0.05, 0) is 66.6 Å². The first-order valence-corrected chi connectivity index (χ1v) is 15.2. The third-order valence-electron chi connectivity index (χ3n) is 6.31. The standard InChI is InChI=1S/C26H20Cl4N2O3S2/c27-17-10-8-16(20(28)12-17)14-32-22-7-2-1-5-18(22)19-6-3-4-15(25(19)32)9-11-23(33)31-37(34,35)24-13-21(29)26(30)36-24/h3-4,6,8-13H,1-2,5,7,14H2,(H,31,33)/b11-9+. The third kappa shape index (κ3) is 5.44. The average Bonchev–Trinajstić information content (AvgIpc) is 3.37. The fourth-order valence-electron chi connectivity index (χ4n) is 4.69. The van der Waals surface area contributed by atoms with E-state index in [1.54, 1.807) is 12.1 Å². The molecule has 0 aliphatic heterocycles. The van der Waals surface area contributed by atoms with Crippen molar-refractivity contribution in [2.24, 2.45) is 0 Å². The van der Waals surface area contributed by atoms with Gasteiger partial charge in [0, 0.05) is 33.7 Å². The van der Waals surface area contributed by atoms with Gasteiger partial charge in [0.15, 0.2) is 0 Å². The summed E-state index contributed by atoms with van der Waals surface area (Å²) in [6.07, 6.45) is 6.99. The number of nitrogens with zero attached hydrogens (tertiary/aromatic N) is 1. The third-order valence-corrected chi connectivity index (χ3v) is 10.6. The van der Waals surface area contributed by atoms with Gasteiger partial charge in [-0.3, -0.25) is 4.79 Å². The fourth-order valence-corrected chi connectivity index (χ4v) is 7.98. The molecule has 0 unspecified atom stereocenters. The van der Waals surface area contributed by atoms with Crippen LogP contribution >= 0.6 is 57.7 Å². The average molecular weight is 614 g/mol. The number of carbonyl (C=O) groups excluding carboxylic acids is 1. The van der Waals surface area contributed by atoms with Crippen molar-refractivity contribution in [2.75, 3.05) is 0 Å². The number of nitrogens with one attached hydrogen (secondary N) is 1. The van der Waals surface area contributed by atoms with E-state index in [2.05, 4.69) is 15.4 Å². The fraction of sp³-hybridized carbons (Fsp3) is 0.192. The summed E-state index contributed by atoms with van der Waals surface area (Å²) in [6, 6.07) is 12.6. The van der Waals surface area contributed by atoms with E-state index >= 15 is 0 Å². The van der Waals surface area contributed by atoms with Crippen LogP contribution in [-0.2, 0) is 34.2 Å². The molecule has 1 N–H and O–H groups in total. The molecule has 1 aliphatic rings. The second-order valence-electron chi connectivity index (χ2n) is 8.69. The normalized spacial score (nSPS) is 13.8. The maximum absolute atomic E-state index is 12.6. The first kappa shape index (κ1) is 26.6. The Bertz CT molecular complexity index is 1650. The highest BCUT2D eigenvalue weighted by atomic mass is 35.5. The van der Waals surface area contributed by atoms with Crippen LogP contribution in [0, 0.1) is 0 Å². The molecule has 11 heteroatoms. The number of hydrogen-bond donors (Lipinski definition) is 1. The van der Waals surface area contributed by atoms with Gasteiger partial charge >= 0.3 is 0 Å². The molecule has 1 aliphatic carbocycles. The molecule has 0 atom stereocenters. The Morgan fingerprint density at radius 3 is 2.54 bits per heavy atom. The zero-order valence-electron chi connectivity index (χ0n) is 19.2. The number of benzene rings is 2. The number of sulfonamides is 1. The molecule has 5 rings (SSSR count). The van der Waals surface area contributed by atoms with E-state index in [1.807, 2.05) is 24.3 Å². The van der Waals surface area contributed by atoms with Gasteiger partial charge < -0.3 is 4.57 Å². The van der Waals surface area contributed by atoms with Crippen LogP contribution in [0.2, 0.25) is 19.4 Å². The zero-order chi connectivity index (χ0) is 26.3. The molecule has 0 fully saturated rings. The molecule has 2 heterocycles. The van der Waals surface area contributed by atoms with Crippen molar-refractivity contribution < 1.29 is 13.2 Å². The van der Waals surface area contributed by atoms with E-state index in [-0.39, 0.29) is 13.6 Å². The van der Waals surface area contributed by atoms with E-state index in [1.165, 1.54) is 23.4 Å². The number of amides is 1. The minimum Gasteiger partial charge on any atom is -0.339 e. The van der Waals surface area contributed by atoms with Gasteiger partial charge in [0.1, 0.15) is 8.55 Å². The van der Waals surface area contributed by atoms with Gasteiger partial charge in [-0.1, -0.05) is 70.7 Å². The molecule has 0 saturated heterocycles. The first-order valence-electron chi connectivity index (χ1n) is 11.4. The summed E-state index contributed by atoms with van der Waals surface area (Å²) in [5, 5.41) is 2.40. The van der Waals surface area contributed by atoms with Crippen LogP contribution in [0.1, 0.15) is 35.2 Å². The van der Waals surface area contributed by atoms with E-state index in [9.17, 15) is 13.2 Å². The molecule has 4 aromatic rings. The lowest BCUT2D eigenvalue weighted by Crippen LogP contribution is -2.28. The predicted octanol–water partition coefficient (Wildman–Crippen LogP) is 7.76. The van der Waals surface area contributed by atoms with Crippen LogP contribution in [0.5, 0.6) is 0 Å². The van der Waals surface area contributed by atoms with Crippen molar-refractivity contribution in [3.8, 4) is 0 Å². The van der Waals surface area contributed by atoms with Crippen LogP contribution in [0.3, 0.4) is 0 Å². The van der Waals surface area contributed by atoms with Crippen molar-refractivity contribution in [3.63, 3.8) is 0 Å². The molecule has 37 heavy (non-hydrogen) atoms. The Morgan fingerprint density at radius 1 is 1.03 bits per heavy atom. The van der Waals surface area contributed by atoms with E-state index in [0.717, 1.165) is 59.0 Å². The van der Waals surface area contributed by atoms with Gasteiger partial charge in [0.2, 0.25) is 0 Å². The maximum atomic E-state index is 12.6. The van der Waals surface area contributed by atoms with Crippen LogP contribution in [0.25, 0.3) is 17.0 Å². The molecule has 0 spiro atoms. The van der Waals surface area contributed by atoms with Crippen molar-refractivity contribution >= 4 is 90.6 Å². The number of fused-ring (bicyclic) bond motifs is 3. The quantitative estimate of drug-likeness (QED) is 0.226. The van der Waals surface area contributed by atoms with E-state index in [4.69, 9.17) is 46.4 Å². The van der Waals surface area contributed by atoms with Crippen LogP contribution in [-0.4, -0.2) is 18.9 Å². The number of rotatable bonds is 6. The van der Waals surface area contributed by atoms with Gasteiger partial charge in [0.25, 0.3) is 15.9 Å². The molecular formula is C26H20Cl4N2O3S2. The Labute approximate surface area is 238 Å². The number of aromatic nitrogens is 1. The summed E-state index contributed by atoms with van der Waals surface area (Å²) >= 11 is 25.2. The molecule has 0 radical (unpaired) electrons. The molecule has 5 nitrogen and oxygen atoms in total. The maximum Gasteiger partial charge on any atom is 0.273 e. The molecule has 2 aromatic heterocycles. The molecule has 0 bridgehead atoms. The first-order chi connectivity index (χ1) is 17.6. The minimum atomic E-state index is -4.10. The number of thiophene rings is 1. The van der Waals surface area contributed by atoms with Crippen molar-refractivity contribution in [3.05, 3.63) is 90.3 Å². The lowest BCUT2D eigenvalue weighted by atomic mass is 9.95. The highest BCUT2D eigenvalue weighted by molar-refractivity contribution is 7.92. The Morgan fingerprint density at radius 2 is 1.81 bits per heavy atom. The summed E-state index contributed by atoms with van der Waals surface area (Å²) in [4.78, 5) is 12.6. The van der Waals surface area contributed by atoms with Crippen LogP contribution in [0.4, 0.5) is 0 Å². The smallest absolute Gasteiger partial charge is 0.273 e. The number of carbonyl (C=O) groups is 1. The van der Waals surface area contributed by atoms with Crippen molar-refractivity contribution in [2.45, 2.75) is 36.4 Å². The van der Waals surface area contributed by atoms with Crippen LogP contribution in [0.15, 0.2) is 52.7 Å². The lowest BCUT2D eigenvalue weighted by molar-refractivity contribution is -0.114. The van der Waals surface area contributed by atoms with Crippen molar-refractivity contribution in [1.82, 2.24) is 9.29 Å². The van der Waals surface area contributed by atoms with Gasteiger partial charge in [-0.2, -0.15) is 0 Å². The predicted molar refractivity (Wildman–Crippen MR) is 153 cm³/mol. The largest absolute Gasteiger partial charge is 0.339 e. The SMILES string of the molecule is O=C(/C=C/c1cccc2c3c(n(Cc4ccc(Cl)cc4Cl)c12)CCCC3)NS(=O)(=O)c1cc(Cl)c(Cl)s1.